The average Bonchev–Trinajstić information content (AvgIpc) is 3.30. The van der Waals surface area contributed by atoms with Crippen LogP contribution in [0.4, 0.5) is 0 Å². The summed E-state index contributed by atoms with van der Waals surface area (Å²) in [7, 11) is 4.41. The third-order valence-corrected chi connectivity index (χ3v) is 5.04. The van der Waals surface area contributed by atoms with Gasteiger partial charge in [0.2, 0.25) is 17.1 Å². The highest BCUT2D eigenvalue weighted by molar-refractivity contribution is 6.32. The minimum Gasteiger partial charge on any atom is -0.495 e. The van der Waals surface area contributed by atoms with Gasteiger partial charge in [0.1, 0.15) is 12.3 Å². The van der Waals surface area contributed by atoms with Crippen molar-refractivity contribution in [2.45, 2.75) is 6.54 Å². The number of fused-ring (bicyclic) bond motifs is 1. The van der Waals surface area contributed by atoms with Crippen LogP contribution in [0.2, 0.25) is 10.3 Å². The van der Waals surface area contributed by atoms with Crippen LogP contribution >= 0.6 is 23.2 Å². The average molecular weight is 437 g/mol. The van der Waals surface area contributed by atoms with Gasteiger partial charge >= 0.3 is 5.69 Å². The lowest BCUT2D eigenvalue weighted by Gasteiger charge is -2.05. The highest BCUT2D eigenvalue weighted by atomic mass is 35.5. The predicted molar refractivity (Wildman–Crippen MR) is 106 cm³/mol. The molecule has 0 N–H and O–H groups in total. The van der Waals surface area contributed by atoms with Crippen LogP contribution in [0.15, 0.2) is 32.2 Å². The first-order valence-electron chi connectivity index (χ1n) is 8.30. The van der Waals surface area contributed by atoms with Gasteiger partial charge < -0.3 is 9.15 Å². The molecule has 0 saturated heterocycles. The summed E-state index contributed by atoms with van der Waals surface area (Å²) in [6.07, 6.45) is 0. The van der Waals surface area contributed by atoms with E-state index < -0.39 is 11.2 Å². The number of ether oxygens (including phenoxy) is 1. The Morgan fingerprint density at radius 3 is 2.59 bits per heavy atom. The van der Waals surface area contributed by atoms with Crippen molar-refractivity contribution in [3.8, 4) is 17.2 Å². The van der Waals surface area contributed by atoms with Crippen LogP contribution in [0, 0.1) is 0 Å². The highest BCUT2D eigenvalue weighted by Gasteiger charge is 2.20. The molecule has 0 amide bonds. The standard InChI is InChI=1S/C17H14Cl2N6O4/c1-23-13-12(15(26)24(2)17(23)27)25(16(19)20-13)7-11-21-22-14(29-11)8-4-5-10(28-3)9(18)6-8/h4-6H,7H2,1-3H3. The van der Waals surface area contributed by atoms with Crippen LogP contribution in [-0.2, 0) is 20.6 Å². The normalized spacial score (nSPS) is 11.3. The van der Waals surface area contributed by atoms with Gasteiger partial charge in [-0.25, -0.2) is 4.79 Å². The van der Waals surface area contributed by atoms with Crippen LogP contribution in [-0.4, -0.2) is 36.0 Å². The van der Waals surface area contributed by atoms with E-state index in [9.17, 15) is 9.59 Å². The van der Waals surface area contributed by atoms with Crippen molar-refractivity contribution >= 4 is 34.4 Å². The molecule has 29 heavy (non-hydrogen) atoms. The second-order valence-corrected chi connectivity index (χ2v) is 6.94. The number of aryl methyl sites for hydroxylation is 1. The topological polar surface area (TPSA) is 110 Å². The Bertz CT molecular complexity index is 1370. The Hall–Kier alpha value is -3.11. The Morgan fingerprint density at radius 2 is 1.90 bits per heavy atom. The summed E-state index contributed by atoms with van der Waals surface area (Å²) >= 11 is 12.3. The monoisotopic (exact) mass is 436 g/mol. The SMILES string of the molecule is COc1ccc(-c2nnc(Cn3c(Cl)nc4c3c(=O)n(C)c(=O)n4C)o2)cc1Cl. The molecule has 0 bridgehead atoms. The summed E-state index contributed by atoms with van der Waals surface area (Å²) in [5.41, 5.74) is -0.0875. The molecule has 0 aliphatic carbocycles. The molecule has 0 aliphatic rings. The zero-order valence-corrected chi connectivity index (χ0v) is 17.0. The van der Waals surface area contributed by atoms with Crippen LogP contribution in [0.1, 0.15) is 5.89 Å². The summed E-state index contributed by atoms with van der Waals surface area (Å²) in [5.74, 6) is 0.961. The van der Waals surface area contributed by atoms with E-state index in [4.69, 9.17) is 32.4 Å². The lowest BCUT2D eigenvalue weighted by molar-refractivity contribution is 0.415. The van der Waals surface area contributed by atoms with E-state index in [1.54, 1.807) is 18.2 Å². The first-order valence-corrected chi connectivity index (χ1v) is 9.05. The molecular weight excluding hydrogens is 423 g/mol. The van der Waals surface area contributed by atoms with Crippen molar-refractivity contribution in [2.75, 3.05) is 7.11 Å². The van der Waals surface area contributed by atoms with E-state index in [0.717, 1.165) is 4.57 Å². The molecule has 1 aromatic carbocycles. The van der Waals surface area contributed by atoms with Gasteiger partial charge in [0.05, 0.1) is 12.1 Å². The van der Waals surface area contributed by atoms with Gasteiger partial charge in [0.15, 0.2) is 11.2 Å². The number of halogens is 2. The second kappa shape index (κ2) is 7.05. The maximum absolute atomic E-state index is 12.6. The van der Waals surface area contributed by atoms with E-state index in [-0.39, 0.29) is 34.8 Å². The summed E-state index contributed by atoms with van der Waals surface area (Å²) in [6, 6.07) is 5.06. The maximum Gasteiger partial charge on any atom is 0.332 e. The number of imidazole rings is 1. The minimum atomic E-state index is -0.524. The number of hydrogen-bond acceptors (Lipinski definition) is 7. The second-order valence-electron chi connectivity index (χ2n) is 6.20. The fourth-order valence-corrected chi connectivity index (χ4v) is 3.42. The first kappa shape index (κ1) is 19.2. The summed E-state index contributed by atoms with van der Waals surface area (Å²) in [5, 5.41) is 8.44. The number of methoxy groups -OCH3 is 1. The van der Waals surface area contributed by atoms with Gasteiger partial charge in [0.25, 0.3) is 5.56 Å². The molecule has 3 aromatic heterocycles. The Labute approximate surface area is 172 Å². The molecule has 150 valence electrons. The first-order chi connectivity index (χ1) is 13.8. The Kier molecular flexibility index (Phi) is 4.67. The molecule has 4 aromatic rings. The zero-order valence-electron chi connectivity index (χ0n) is 15.5. The molecule has 0 saturated carbocycles. The van der Waals surface area contributed by atoms with Gasteiger partial charge in [-0.15, -0.1) is 10.2 Å². The molecule has 0 fully saturated rings. The van der Waals surface area contributed by atoms with Crippen LogP contribution in [0.5, 0.6) is 5.75 Å². The van der Waals surface area contributed by atoms with Crippen LogP contribution < -0.4 is 16.0 Å². The molecule has 0 unspecified atom stereocenters. The van der Waals surface area contributed by atoms with E-state index in [1.165, 1.54) is 30.3 Å². The summed E-state index contributed by atoms with van der Waals surface area (Å²) in [6.45, 7) is -0.000333. The number of benzene rings is 1. The summed E-state index contributed by atoms with van der Waals surface area (Å²) in [4.78, 5) is 28.8. The number of aromatic nitrogens is 6. The summed E-state index contributed by atoms with van der Waals surface area (Å²) < 4.78 is 14.5. The van der Waals surface area contributed by atoms with Gasteiger partial charge in [0, 0.05) is 19.7 Å². The molecule has 0 spiro atoms. The highest BCUT2D eigenvalue weighted by Crippen LogP contribution is 2.29. The molecule has 12 heteroatoms. The van der Waals surface area contributed by atoms with E-state index in [2.05, 4.69) is 15.2 Å². The fourth-order valence-electron chi connectivity index (χ4n) is 2.93. The lowest BCUT2D eigenvalue weighted by atomic mass is 10.2. The molecule has 0 radical (unpaired) electrons. The van der Waals surface area contributed by atoms with Crippen molar-refractivity contribution in [3.05, 3.63) is 55.2 Å². The van der Waals surface area contributed by atoms with Crippen molar-refractivity contribution in [2.24, 2.45) is 14.1 Å². The van der Waals surface area contributed by atoms with Crippen molar-refractivity contribution < 1.29 is 9.15 Å². The fraction of sp³-hybridized carbons (Fsp3) is 0.235. The minimum absolute atomic E-state index is 0.000333. The third-order valence-electron chi connectivity index (χ3n) is 4.46. The molecule has 10 nitrogen and oxygen atoms in total. The Morgan fingerprint density at radius 1 is 1.14 bits per heavy atom. The molecule has 0 atom stereocenters. The Balaban J connectivity index is 1.76. The van der Waals surface area contributed by atoms with Gasteiger partial charge in [-0.2, -0.15) is 4.98 Å². The quantitative estimate of drug-likeness (QED) is 0.448. The zero-order chi connectivity index (χ0) is 20.9. The van der Waals surface area contributed by atoms with Crippen molar-refractivity contribution in [1.29, 1.82) is 0 Å². The molecule has 0 aliphatic heterocycles. The van der Waals surface area contributed by atoms with Crippen molar-refractivity contribution in [1.82, 2.24) is 28.9 Å². The van der Waals surface area contributed by atoms with E-state index in [1.807, 2.05) is 0 Å². The number of nitrogens with zero attached hydrogens (tertiary/aromatic N) is 6. The van der Waals surface area contributed by atoms with Crippen molar-refractivity contribution in [3.63, 3.8) is 0 Å². The predicted octanol–water partition coefficient (Wildman–Crippen LogP) is 1.85. The van der Waals surface area contributed by atoms with E-state index in [0.29, 0.717) is 16.3 Å². The van der Waals surface area contributed by atoms with Gasteiger partial charge in [-0.05, 0) is 29.8 Å². The van der Waals surface area contributed by atoms with E-state index >= 15 is 0 Å². The third kappa shape index (κ3) is 3.10. The van der Waals surface area contributed by atoms with Gasteiger partial charge in [-0.3, -0.25) is 18.5 Å². The number of hydrogen-bond donors (Lipinski definition) is 0. The molecule has 3 heterocycles. The molecule has 4 rings (SSSR count). The van der Waals surface area contributed by atoms with Crippen LogP contribution in [0.3, 0.4) is 0 Å². The number of rotatable bonds is 4. The van der Waals surface area contributed by atoms with Gasteiger partial charge in [-0.1, -0.05) is 11.6 Å². The molecular formula is C17H14Cl2N6O4. The maximum atomic E-state index is 12.6. The smallest absolute Gasteiger partial charge is 0.332 e. The van der Waals surface area contributed by atoms with Crippen LogP contribution in [0.25, 0.3) is 22.6 Å². The largest absolute Gasteiger partial charge is 0.495 e. The lowest BCUT2D eigenvalue weighted by Crippen LogP contribution is -2.37.